The fourth-order valence-corrected chi connectivity index (χ4v) is 2.60. The highest BCUT2D eigenvalue weighted by Gasteiger charge is 2.02. The molecular weight excluding hydrogens is 444 g/mol. The molecule has 0 radical (unpaired) electrons. The number of hydrogen-bond acceptors (Lipinski definition) is 6. The SMILES string of the molecule is CCCC(C)CCOCCOCCOCCOCCNC(=O)CCNC(=O)CBr. The lowest BCUT2D eigenvalue weighted by Gasteiger charge is -2.10. The monoisotopic (exact) mass is 482 g/mol. The van der Waals surface area contributed by atoms with Crippen LogP contribution >= 0.6 is 15.9 Å². The molecule has 29 heavy (non-hydrogen) atoms. The average Bonchev–Trinajstić information content (AvgIpc) is 2.70. The van der Waals surface area contributed by atoms with Gasteiger partial charge in [-0.25, -0.2) is 0 Å². The maximum atomic E-state index is 11.5. The predicted octanol–water partition coefficient (Wildman–Crippen LogP) is 1.90. The first-order valence-corrected chi connectivity index (χ1v) is 11.6. The summed E-state index contributed by atoms with van der Waals surface area (Å²) in [4.78, 5) is 22.5. The van der Waals surface area contributed by atoms with Crippen molar-refractivity contribution in [2.75, 3.05) is 71.3 Å². The van der Waals surface area contributed by atoms with Crippen molar-refractivity contribution < 1.29 is 28.5 Å². The number of alkyl halides is 1. The topological polar surface area (TPSA) is 95.1 Å². The fourth-order valence-electron chi connectivity index (χ4n) is 2.40. The minimum Gasteiger partial charge on any atom is -0.379 e. The van der Waals surface area contributed by atoms with E-state index in [1.54, 1.807) is 0 Å². The lowest BCUT2D eigenvalue weighted by Crippen LogP contribution is -2.32. The molecule has 0 aromatic rings. The number of carbonyl (C=O) groups excluding carboxylic acids is 2. The van der Waals surface area contributed by atoms with Gasteiger partial charge >= 0.3 is 0 Å². The standard InChI is InChI=1S/C20H39BrN2O6/c1-3-4-18(2)6-9-26-11-13-28-15-16-29-14-12-27-10-8-23-19(24)5-7-22-20(25)17-21/h18H,3-17H2,1-2H3,(H,22,25)(H,23,24). The highest BCUT2D eigenvalue weighted by atomic mass is 79.9. The van der Waals surface area contributed by atoms with E-state index in [0.29, 0.717) is 59.3 Å². The highest BCUT2D eigenvalue weighted by molar-refractivity contribution is 9.09. The van der Waals surface area contributed by atoms with Crippen molar-refractivity contribution in [3.63, 3.8) is 0 Å². The third kappa shape index (κ3) is 21.8. The maximum absolute atomic E-state index is 11.5. The lowest BCUT2D eigenvalue weighted by molar-refractivity contribution is -0.121. The second-order valence-electron chi connectivity index (χ2n) is 6.72. The minimum atomic E-state index is -0.132. The molecule has 0 fully saturated rings. The van der Waals surface area contributed by atoms with Gasteiger partial charge in [0.05, 0.1) is 51.6 Å². The zero-order valence-corrected chi connectivity index (χ0v) is 19.6. The van der Waals surface area contributed by atoms with Gasteiger partial charge < -0.3 is 29.6 Å². The molecule has 0 aliphatic rings. The molecular formula is C20H39BrN2O6. The first-order valence-electron chi connectivity index (χ1n) is 10.5. The van der Waals surface area contributed by atoms with Crippen LogP contribution in [0.25, 0.3) is 0 Å². The second kappa shape index (κ2) is 22.0. The molecule has 1 atom stereocenters. The first-order chi connectivity index (χ1) is 14.1. The van der Waals surface area contributed by atoms with Crippen LogP contribution in [-0.4, -0.2) is 83.1 Å². The molecule has 2 N–H and O–H groups in total. The Morgan fingerprint density at radius 2 is 1.28 bits per heavy atom. The van der Waals surface area contributed by atoms with E-state index in [0.717, 1.165) is 18.9 Å². The number of halogens is 1. The minimum absolute atomic E-state index is 0.115. The molecule has 0 aromatic heterocycles. The number of carbonyl (C=O) groups is 2. The molecule has 0 heterocycles. The molecule has 8 nitrogen and oxygen atoms in total. The molecule has 0 bridgehead atoms. The van der Waals surface area contributed by atoms with E-state index in [9.17, 15) is 9.59 Å². The Kier molecular flexibility index (Phi) is 21.4. The molecule has 0 aromatic carbocycles. The van der Waals surface area contributed by atoms with E-state index in [4.69, 9.17) is 18.9 Å². The van der Waals surface area contributed by atoms with Gasteiger partial charge in [0.1, 0.15) is 0 Å². The van der Waals surface area contributed by atoms with Crippen LogP contribution in [0.5, 0.6) is 0 Å². The summed E-state index contributed by atoms with van der Waals surface area (Å²) in [6.45, 7) is 9.68. The Labute approximate surface area is 183 Å². The van der Waals surface area contributed by atoms with Gasteiger partial charge in [0.2, 0.25) is 11.8 Å². The van der Waals surface area contributed by atoms with Crippen LogP contribution in [0, 0.1) is 5.92 Å². The van der Waals surface area contributed by atoms with Crippen LogP contribution in [0.15, 0.2) is 0 Å². The summed E-state index contributed by atoms with van der Waals surface area (Å²) in [5.41, 5.74) is 0. The van der Waals surface area contributed by atoms with Crippen molar-refractivity contribution in [2.24, 2.45) is 5.92 Å². The zero-order valence-electron chi connectivity index (χ0n) is 18.0. The van der Waals surface area contributed by atoms with Crippen LogP contribution in [0.1, 0.15) is 39.5 Å². The van der Waals surface area contributed by atoms with Gasteiger partial charge in [-0.3, -0.25) is 9.59 Å². The quantitative estimate of drug-likeness (QED) is 0.191. The zero-order chi connectivity index (χ0) is 21.6. The van der Waals surface area contributed by atoms with E-state index in [1.807, 2.05) is 0 Å². The van der Waals surface area contributed by atoms with Crippen LogP contribution < -0.4 is 10.6 Å². The Balaban J connectivity index is 3.18. The van der Waals surface area contributed by atoms with Gasteiger partial charge in [-0.1, -0.05) is 42.6 Å². The summed E-state index contributed by atoms with van der Waals surface area (Å²) < 4.78 is 21.8. The van der Waals surface area contributed by atoms with Gasteiger partial charge in [-0.05, 0) is 12.3 Å². The Morgan fingerprint density at radius 3 is 1.83 bits per heavy atom. The van der Waals surface area contributed by atoms with E-state index in [2.05, 4.69) is 40.4 Å². The molecule has 0 spiro atoms. The highest BCUT2D eigenvalue weighted by Crippen LogP contribution is 2.09. The Morgan fingerprint density at radius 1 is 0.759 bits per heavy atom. The van der Waals surface area contributed by atoms with Crippen molar-refractivity contribution in [1.82, 2.24) is 10.6 Å². The smallest absolute Gasteiger partial charge is 0.230 e. The van der Waals surface area contributed by atoms with E-state index in [1.165, 1.54) is 12.8 Å². The van der Waals surface area contributed by atoms with Crippen molar-refractivity contribution in [3.8, 4) is 0 Å². The number of amides is 2. The molecule has 9 heteroatoms. The summed E-state index contributed by atoms with van der Waals surface area (Å²) in [5.74, 6) is 0.481. The molecule has 2 amide bonds. The number of hydrogen-bond donors (Lipinski definition) is 2. The van der Waals surface area contributed by atoms with Crippen molar-refractivity contribution >= 4 is 27.7 Å². The number of rotatable bonds is 21. The third-order valence-corrected chi connectivity index (χ3v) is 4.53. The van der Waals surface area contributed by atoms with Crippen LogP contribution in [0.4, 0.5) is 0 Å². The Bertz CT molecular complexity index is 401. The van der Waals surface area contributed by atoms with Gasteiger partial charge in [0.25, 0.3) is 0 Å². The average molecular weight is 483 g/mol. The van der Waals surface area contributed by atoms with Crippen LogP contribution in [0.3, 0.4) is 0 Å². The summed E-state index contributed by atoms with van der Waals surface area (Å²) in [5, 5.41) is 5.58. The van der Waals surface area contributed by atoms with Crippen LogP contribution in [-0.2, 0) is 28.5 Å². The number of nitrogens with one attached hydrogen (secondary N) is 2. The van der Waals surface area contributed by atoms with Crippen molar-refractivity contribution in [2.45, 2.75) is 39.5 Å². The fraction of sp³-hybridized carbons (Fsp3) is 0.900. The Hall–Kier alpha value is -0.740. The summed E-state index contributed by atoms with van der Waals surface area (Å²) in [6, 6.07) is 0. The van der Waals surface area contributed by atoms with Gasteiger partial charge in [-0.15, -0.1) is 0 Å². The maximum Gasteiger partial charge on any atom is 0.230 e. The summed E-state index contributed by atoms with van der Waals surface area (Å²) in [7, 11) is 0. The molecule has 0 saturated heterocycles. The predicted molar refractivity (Wildman–Crippen MR) is 116 cm³/mol. The number of ether oxygens (including phenoxy) is 4. The summed E-state index contributed by atoms with van der Waals surface area (Å²) in [6.07, 6.45) is 3.85. The van der Waals surface area contributed by atoms with E-state index < -0.39 is 0 Å². The normalized spacial score (nSPS) is 12.0. The van der Waals surface area contributed by atoms with Gasteiger partial charge in [0, 0.05) is 26.1 Å². The molecule has 0 aliphatic carbocycles. The van der Waals surface area contributed by atoms with E-state index in [-0.39, 0.29) is 23.6 Å². The largest absolute Gasteiger partial charge is 0.379 e. The van der Waals surface area contributed by atoms with Gasteiger partial charge in [0.15, 0.2) is 0 Å². The first kappa shape index (κ1) is 28.3. The van der Waals surface area contributed by atoms with E-state index >= 15 is 0 Å². The third-order valence-electron chi connectivity index (χ3n) is 4.02. The molecule has 172 valence electrons. The molecule has 1 unspecified atom stereocenters. The molecule has 0 saturated carbocycles. The van der Waals surface area contributed by atoms with Gasteiger partial charge in [-0.2, -0.15) is 0 Å². The summed E-state index contributed by atoms with van der Waals surface area (Å²) >= 11 is 3.04. The lowest BCUT2D eigenvalue weighted by atomic mass is 10.0. The van der Waals surface area contributed by atoms with Crippen molar-refractivity contribution in [1.29, 1.82) is 0 Å². The second-order valence-corrected chi connectivity index (χ2v) is 7.28. The molecule has 0 aliphatic heterocycles. The molecule has 0 rings (SSSR count). The van der Waals surface area contributed by atoms with Crippen molar-refractivity contribution in [3.05, 3.63) is 0 Å². The van der Waals surface area contributed by atoms with Crippen LogP contribution in [0.2, 0.25) is 0 Å².